The summed E-state index contributed by atoms with van der Waals surface area (Å²) in [4.78, 5) is 20.9. The van der Waals surface area contributed by atoms with E-state index < -0.39 is 11.9 Å². The van der Waals surface area contributed by atoms with E-state index in [9.17, 15) is 14.7 Å². The van der Waals surface area contributed by atoms with Crippen LogP contribution >= 0.6 is 0 Å². The van der Waals surface area contributed by atoms with E-state index in [2.05, 4.69) is 0 Å². The fourth-order valence-electron chi connectivity index (χ4n) is 0.913. The van der Waals surface area contributed by atoms with Crippen LogP contribution in [0.2, 0.25) is 0 Å². The van der Waals surface area contributed by atoms with Gasteiger partial charge in [-0.05, 0) is 11.6 Å². The van der Waals surface area contributed by atoms with Gasteiger partial charge in [-0.1, -0.05) is 30.3 Å². The third-order valence-corrected chi connectivity index (χ3v) is 1.58. The third kappa shape index (κ3) is 6.40. The molecule has 0 saturated carbocycles. The Labute approximate surface area is 115 Å². The van der Waals surface area contributed by atoms with Crippen LogP contribution in [0.1, 0.15) is 5.56 Å². The number of ether oxygens (including phenoxy) is 1. The third-order valence-electron chi connectivity index (χ3n) is 1.58. The van der Waals surface area contributed by atoms with Gasteiger partial charge in [0.2, 0.25) is 0 Å². The quantitative estimate of drug-likeness (QED) is 0.314. The van der Waals surface area contributed by atoms with Gasteiger partial charge >= 0.3 is 35.5 Å². The number of carboxylic acids is 1. The number of hydrogen-bond acceptors (Lipinski definition) is 4. The van der Waals surface area contributed by atoms with Crippen molar-refractivity contribution >= 4 is 11.9 Å². The minimum Gasteiger partial charge on any atom is -0.545 e. The van der Waals surface area contributed by atoms with E-state index in [4.69, 9.17) is 4.74 Å². The van der Waals surface area contributed by atoms with Crippen LogP contribution in [0, 0.1) is 0 Å². The van der Waals surface area contributed by atoms with Crippen molar-refractivity contribution < 1.29 is 49.0 Å². The van der Waals surface area contributed by atoms with Crippen molar-refractivity contribution in [2.24, 2.45) is 0 Å². The number of aliphatic carboxylic acids is 1. The van der Waals surface area contributed by atoms with Crippen molar-refractivity contribution in [1.82, 2.24) is 0 Å². The molecule has 0 unspecified atom stereocenters. The Balaban J connectivity index is 0.00000225. The summed E-state index contributed by atoms with van der Waals surface area (Å²) in [6, 6.07) is 9.09. The maximum atomic E-state index is 10.9. The first-order valence-corrected chi connectivity index (χ1v) is 4.28. The van der Waals surface area contributed by atoms with Crippen LogP contribution in [0.15, 0.2) is 42.5 Å². The van der Waals surface area contributed by atoms with Crippen molar-refractivity contribution in [3.63, 3.8) is 0 Å². The molecule has 5 heteroatoms. The van der Waals surface area contributed by atoms with E-state index in [1.54, 1.807) is 12.1 Å². The normalized spacial score (nSPS) is 9.50. The zero-order valence-electron chi connectivity index (χ0n) is 8.88. The molecule has 4 nitrogen and oxygen atoms in total. The van der Waals surface area contributed by atoms with Crippen LogP contribution in [0.25, 0.3) is 0 Å². The molecule has 0 saturated heterocycles. The van der Waals surface area contributed by atoms with Gasteiger partial charge in [-0.3, -0.25) is 0 Å². The van der Waals surface area contributed by atoms with Crippen LogP contribution in [-0.2, 0) is 20.9 Å². The minimum atomic E-state index is -1.42. The molecule has 0 spiro atoms. The second kappa shape index (κ2) is 8.10. The summed E-state index contributed by atoms with van der Waals surface area (Å²) in [6.45, 7) is 0.122. The molecule has 1 rings (SSSR count). The SMILES string of the molecule is O=C([O-])C=CC(=O)OCc1ccccc1.[Na+]. The van der Waals surface area contributed by atoms with Gasteiger partial charge in [0, 0.05) is 6.08 Å². The number of hydrogen-bond donors (Lipinski definition) is 0. The van der Waals surface area contributed by atoms with Crippen molar-refractivity contribution in [2.75, 3.05) is 0 Å². The molecule has 0 heterocycles. The Morgan fingerprint density at radius 1 is 1.19 bits per heavy atom. The second-order valence-electron chi connectivity index (χ2n) is 2.75. The number of esters is 1. The molecule has 1 aromatic carbocycles. The van der Waals surface area contributed by atoms with Gasteiger partial charge in [-0.25, -0.2) is 4.79 Å². The van der Waals surface area contributed by atoms with Gasteiger partial charge in [-0.2, -0.15) is 0 Å². The molecule has 0 aliphatic heterocycles. The Morgan fingerprint density at radius 3 is 2.38 bits per heavy atom. The van der Waals surface area contributed by atoms with Crippen molar-refractivity contribution in [2.45, 2.75) is 6.61 Å². The fourth-order valence-corrected chi connectivity index (χ4v) is 0.913. The van der Waals surface area contributed by atoms with Crippen molar-refractivity contribution in [1.29, 1.82) is 0 Å². The molecule has 0 bridgehead atoms. The second-order valence-corrected chi connectivity index (χ2v) is 2.75. The summed E-state index contributed by atoms with van der Waals surface area (Å²) in [5, 5.41) is 9.97. The summed E-state index contributed by atoms with van der Waals surface area (Å²) in [7, 11) is 0. The first-order valence-electron chi connectivity index (χ1n) is 4.28. The van der Waals surface area contributed by atoms with Crippen molar-refractivity contribution in [3.8, 4) is 0 Å². The van der Waals surface area contributed by atoms with E-state index in [0.717, 1.165) is 11.6 Å². The van der Waals surface area contributed by atoms with E-state index in [0.29, 0.717) is 6.08 Å². The molecule has 0 radical (unpaired) electrons. The standard InChI is InChI=1S/C11H10O4.Na/c12-10(13)6-7-11(14)15-8-9-4-2-1-3-5-9;/h1-7H,8H2,(H,12,13);/q;+1/p-1. The van der Waals surface area contributed by atoms with Gasteiger partial charge < -0.3 is 14.6 Å². The summed E-state index contributed by atoms with van der Waals surface area (Å²) in [5.41, 5.74) is 0.840. The van der Waals surface area contributed by atoms with Crippen LogP contribution in [0.5, 0.6) is 0 Å². The van der Waals surface area contributed by atoms with E-state index >= 15 is 0 Å². The number of carbonyl (C=O) groups is 2. The molecule has 0 aromatic heterocycles. The molecule has 1 aromatic rings. The molecule has 0 aliphatic carbocycles. The summed E-state index contributed by atoms with van der Waals surface area (Å²) < 4.78 is 4.76. The average Bonchev–Trinajstić information content (AvgIpc) is 2.25. The Morgan fingerprint density at radius 2 is 1.81 bits per heavy atom. The first-order chi connectivity index (χ1) is 7.18. The van der Waals surface area contributed by atoms with Crippen molar-refractivity contribution in [3.05, 3.63) is 48.0 Å². The zero-order chi connectivity index (χ0) is 11.1. The predicted molar refractivity (Wildman–Crippen MR) is 50.4 cm³/mol. The Hall–Kier alpha value is -1.10. The summed E-state index contributed by atoms with van der Waals surface area (Å²) >= 11 is 0. The van der Waals surface area contributed by atoms with Gasteiger partial charge in [0.05, 0.1) is 5.97 Å². The van der Waals surface area contributed by atoms with Crippen LogP contribution in [0.3, 0.4) is 0 Å². The van der Waals surface area contributed by atoms with E-state index in [1.165, 1.54) is 0 Å². The molecule has 0 N–H and O–H groups in total. The molecule has 0 fully saturated rings. The molecule has 0 aliphatic rings. The number of rotatable bonds is 4. The van der Waals surface area contributed by atoms with E-state index in [1.807, 2.05) is 18.2 Å². The van der Waals surface area contributed by atoms with Gasteiger partial charge in [0.1, 0.15) is 6.61 Å². The molecular weight excluding hydrogens is 219 g/mol. The number of carbonyl (C=O) groups excluding carboxylic acids is 2. The summed E-state index contributed by atoms with van der Waals surface area (Å²) in [5.74, 6) is -2.13. The van der Waals surface area contributed by atoms with E-state index in [-0.39, 0.29) is 36.2 Å². The monoisotopic (exact) mass is 228 g/mol. The molecule has 16 heavy (non-hydrogen) atoms. The number of benzene rings is 1. The first kappa shape index (κ1) is 14.9. The molecule has 0 amide bonds. The maximum absolute atomic E-state index is 10.9. The molecule has 78 valence electrons. The smallest absolute Gasteiger partial charge is 0.545 e. The average molecular weight is 228 g/mol. The van der Waals surface area contributed by atoms with Gasteiger partial charge in [0.15, 0.2) is 0 Å². The van der Waals surface area contributed by atoms with Crippen LogP contribution < -0.4 is 34.7 Å². The maximum Gasteiger partial charge on any atom is 1.00 e. The Kier molecular flexibility index (Phi) is 7.54. The molecular formula is C11H9NaO4. The fraction of sp³-hybridized carbons (Fsp3) is 0.0909. The van der Waals surface area contributed by atoms with Gasteiger partial charge in [0.25, 0.3) is 0 Å². The molecule has 0 atom stereocenters. The predicted octanol–water partition coefficient (Wildman–Crippen LogP) is -2.96. The number of carboxylic acid groups (broad SMARTS) is 1. The minimum absolute atomic E-state index is 0. The largest absolute Gasteiger partial charge is 1.00 e. The zero-order valence-corrected chi connectivity index (χ0v) is 10.9. The van der Waals surface area contributed by atoms with Crippen LogP contribution in [0.4, 0.5) is 0 Å². The summed E-state index contributed by atoms with van der Waals surface area (Å²) in [6.07, 6.45) is 1.45. The topological polar surface area (TPSA) is 66.4 Å². The van der Waals surface area contributed by atoms with Gasteiger partial charge in [-0.15, -0.1) is 0 Å². The Bertz CT molecular complexity index is 373. The van der Waals surface area contributed by atoms with Crippen LogP contribution in [-0.4, -0.2) is 11.9 Å².